The molecule has 2 atom stereocenters. The standard InChI is InChI=1S/C17H30O2/c1-12-5-7-17(19-4,8-6-12)16(18)15-10-13(2)9-14(3)11-15/h12-15H,5-11H2,1-4H3. The molecule has 19 heavy (non-hydrogen) atoms. The highest BCUT2D eigenvalue weighted by Gasteiger charge is 2.45. The molecular formula is C17H30O2. The fourth-order valence-electron chi connectivity index (χ4n) is 4.31. The third-order valence-electron chi connectivity index (χ3n) is 5.47. The van der Waals surface area contributed by atoms with Crippen LogP contribution in [0.3, 0.4) is 0 Å². The van der Waals surface area contributed by atoms with Crippen molar-refractivity contribution in [2.75, 3.05) is 7.11 Å². The Labute approximate surface area is 118 Å². The number of ketones is 1. The largest absolute Gasteiger partial charge is 0.370 e. The van der Waals surface area contributed by atoms with Crippen LogP contribution in [0.15, 0.2) is 0 Å². The topological polar surface area (TPSA) is 26.3 Å². The quantitative estimate of drug-likeness (QED) is 0.764. The fourth-order valence-corrected chi connectivity index (χ4v) is 4.31. The molecule has 2 saturated carbocycles. The minimum atomic E-state index is -0.450. The summed E-state index contributed by atoms with van der Waals surface area (Å²) in [6.45, 7) is 6.87. The van der Waals surface area contributed by atoms with Crippen LogP contribution < -0.4 is 0 Å². The lowest BCUT2D eigenvalue weighted by atomic mass is 9.68. The lowest BCUT2D eigenvalue weighted by Crippen LogP contribution is -2.48. The molecule has 0 bridgehead atoms. The summed E-state index contributed by atoms with van der Waals surface area (Å²) in [7, 11) is 1.74. The van der Waals surface area contributed by atoms with Crippen molar-refractivity contribution in [3.8, 4) is 0 Å². The molecule has 0 aromatic rings. The Hall–Kier alpha value is -0.370. The Bertz CT molecular complexity index is 305. The first kappa shape index (κ1) is 15.0. The number of methoxy groups -OCH3 is 1. The third kappa shape index (κ3) is 3.21. The van der Waals surface area contributed by atoms with Gasteiger partial charge in [-0.15, -0.1) is 0 Å². The summed E-state index contributed by atoms with van der Waals surface area (Å²) in [4.78, 5) is 13.0. The maximum Gasteiger partial charge on any atom is 0.167 e. The summed E-state index contributed by atoms with van der Waals surface area (Å²) in [6.07, 6.45) is 7.56. The van der Waals surface area contributed by atoms with Crippen LogP contribution in [0.4, 0.5) is 0 Å². The van der Waals surface area contributed by atoms with Gasteiger partial charge < -0.3 is 4.74 Å². The zero-order valence-electron chi connectivity index (χ0n) is 13.1. The molecule has 0 heterocycles. The van der Waals surface area contributed by atoms with Crippen molar-refractivity contribution in [3.63, 3.8) is 0 Å². The van der Waals surface area contributed by atoms with Crippen LogP contribution in [0.25, 0.3) is 0 Å². The van der Waals surface area contributed by atoms with Crippen LogP contribution in [-0.4, -0.2) is 18.5 Å². The van der Waals surface area contributed by atoms with Crippen molar-refractivity contribution in [2.45, 2.75) is 71.3 Å². The van der Waals surface area contributed by atoms with Crippen LogP contribution >= 0.6 is 0 Å². The van der Waals surface area contributed by atoms with Crippen molar-refractivity contribution in [1.29, 1.82) is 0 Å². The van der Waals surface area contributed by atoms with Crippen LogP contribution in [0.5, 0.6) is 0 Å². The normalized spacial score (nSPS) is 44.0. The van der Waals surface area contributed by atoms with Crippen molar-refractivity contribution in [1.82, 2.24) is 0 Å². The second-order valence-corrected chi connectivity index (χ2v) is 7.36. The van der Waals surface area contributed by atoms with Gasteiger partial charge in [-0.25, -0.2) is 0 Å². The maximum absolute atomic E-state index is 13.0. The third-order valence-corrected chi connectivity index (χ3v) is 5.47. The molecule has 2 rings (SSSR count). The highest BCUT2D eigenvalue weighted by molar-refractivity contribution is 5.89. The number of hydrogen-bond donors (Lipinski definition) is 0. The predicted octanol–water partition coefficient (Wildman–Crippen LogP) is 4.22. The van der Waals surface area contributed by atoms with Crippen LogP contribution in [-0.2, 0) is 9.53 Å². The first-order chi connectivity index (χ1) is 8.97. The molecule has 2 unspecified atom stereocenters. The van der Waals surface area contributed by atoms with Crippen molar-refractivity contribution < 1.29 is 9.53 Å². The molecule has 0 N–H and O–H groups in total. The number of Topliss-reactive ketones (excluding diaryl/α,β-unsaturated/α-hetero) is 1. The van der Waals surface area contributed by atoms with Gasteiger partial charge in [-0.2, -0.15) is 0 Å². The van der Waals surface area contributed by atoms with Gasteiger partial charge in [-0.1, -0.05) is 20.8 Å². The second kappa shape index (κ2) is 5.95. The van der Waals surface area contributed by atoms with Gasteiger partial charge in [0.05, 0.1) is 0 Å². The van der Waals surface area contributed by atoms with Gasteiger partial charge in [0.15, 0.2) is 5.78 Å². The summed E-state index contributed by atoms with van der Waals surface area (Å²) in [5.41, 5.74) is -0.450. The van der Waals surface area contributed by atoms with E-state index in [1.54, 1.807) is 7.11 Å². The van der Waals surface area contributed by atoms with Gasteiger partial charge in [-0.3, -0.25) is 4.79 Å². The lowest BCUT2D eigenvalue weighted by Gasteiger charge is -2.41. The molecule has 2 nitrogen and oxygen atoms in total. The molecule has 2 heteroatoms. The van der Waals surface area contributed by atoms with Gasteiger partial charge in [0.2, 0.25) is 0 Å². The van der Waals surface area contributed by atoms with E-state index in [0.717, 1.165) is 44.4 Å². The highest BCUT2D eigenvalue weighted by Crippen LogP contribution is 2.41. The molecule has 2 aliphatic rings. The van der Waals surface area contributed by atoms with Crippen molar-refractivity contribution in [3.05, 3.63) is 0 Å². The molecule has 0 aliphatic heterocycles. The van der Waals surface area contributed by atoms with Crippen LogP contribution in [0.2, 0.25) is 0 Å². The predicted molar refractivity (Wildman–Crippen MR) is 78.0 cm³/mol. The van der Waals surface area contributed by atoms with Crippen LogP contribution in [0.1, 0.15) is 65.7 Å². The van der Waals surface area contributed by atoms with Gasteiger partial charge >= 0.3 is 0 Å². The molecule has 0 aromatic heterocycles. The van der Waals surface area contributed by atoms with E-state index < -0.39 is 5.60 Å². The van der Waals surface area contributed by atoms with Crippen molar-refractivity contribution >= 4 is 5.78 Å². The van der Waals surface area contributed by atoms with E-state index in [-0.39, 0.29) is 5.92 Å². The van der Waals surface area contributed by atoms with E-state index in [9.17, 15) is 4.79 Å². The van der Waals surface area contributed by atoms with Crippen LogP contribution in [0, 0.1) is 23.7 Å². The molecule has 2 aliphatic carbocycles. The Morgan fingerprint density at radius 2 is 1.47 bits per heavy atom. The Balaban J connectivity index is 2.08. The molecule has 110 valence electrons. The molecule has 0 radical (unpaired) electrons. The lowest BCUT2D eigenvalue weighted by molar-refractivity contribution is -0.152. The second-order valence-electron chi connectivity index (χ2n) is 7.36. The Morgan fingerprint density at radius 1 is 0.947 bits per heavy atom. The minimum absolute atomic E-state index is 0.243. The van der Waals surface area contributed by atoms with E-state index in [2.05, 4.69) is 20.8 Å². The Morgan fingerprint density at radius 3 is 1.95 bits per heavy atom. The van der Waals surface area contributed by atoms with Gasteiger partial charge in [-0.05, 0) is 62.7 Å². The first-order valence-electron chi connectivity index (χ1n) is 8.06. The van der Waals surface area contributed by atoms with E-state index in [0.29, 0.717) is 17.6 Å². The molecular weight excluding hydrogens is 236 g/mol. The average Bonchev–Trinajstić information content (AvgIpc) is 2.38. The summed E-state index contributed by atoms with van der Waals surface area (Å²) in [6, 6.07) is 0. The van der Waals surface area contributed by atoms with E-state index in [1.165, 1.54) is 6.42 Å². The summed E-state index contributed by atoms with van der Waals surface area (Å²) >= 11 is 0. The summed E-state index contributed by atoms with van der Waals surface area (Å²) in [5, 5.41) is 0. The monoisotopic (exact) mass is 266 g/mol. The highest BCUT2D eigenvalue weighted by atomic mass is 16.5. The van der Waals surface area contributed by atoms with Gasteiger partial charge in [0.25, 0.3) is 0 Å². The number of carbonyl (C=O) groups excluding carboxylic acids is 1. The smallest absolute Gasteiger partial charge is 0.167 e. The van der Waals surface area contributed by atoms with E-state index in [1.807, 2.05) is 0 Å². The maximum atomic E-state index is 13.0. The summed E-state index contributed by atoms with van der Waals surface area (Å²) in [5.74, 6) is 2.79. The zero-order valence-corrected chi connectivity index (χ0v) is 13.1. The molecule has 0 saturated heterocycles. The molecule has 0 spiro atoms. The zero-order chi connectivity index (χ0) is 14.0. The van der Waals surface area contributed by atoms with Gasteiger partial charge in [0.1, 0.15) is 5.60 Å². The first-order valence-corrected chi connectivity index (χ1v) is 8.06. The molecule has 2 fully saturated rings. The van der Waals surface area contributed by atoms with Gasteiger partial charge in [0, 0.05) is 13.0 Å². The summed E-state index contributed by atoms with van der Waals surface area (Å²) < 4.78 is 5.76. The van der Waals surface area contributed by atoms with E-state index in [4.69, 9.17) is 4.74 Å². The number of rotatable bonds is 3. The average molecular weight is 266 g/mol. The number of carbonyl (C=O) groups is 1. The van der Waals surface area contributed by atoms with E-state index >= 15 is 0 Å². The fraction of sp³-hybridized carbons (Fsp3) is 0.941. The SMILES string of the molecule is COC1(C(=O)C2CC(C)CC(C)C2)CCC(C)CC1. The number of hydrogen-bond acceptors (Lipinski definition) is 2. The number of ether oxygens (including phenoxy) is 1. The molecule has 0 aromatic carbocycles. The Kier molecular flexibility index (Phi) is 4.70. The minimum Gasteiger partial charge on any atom is -0.370 e. The molecule has 0 amide bonds. The van der Waals surface area contributed by atoms with Crippen molar-refractivity contribution in [2.24, 2.45) is 23.7 Å².